The number of aliphatic hydroxyl groups excluding tert-OH is 1. The van der Waals surface area contributed by atoms with Crippen molar-refractivity contribution < 1.29 is 14.3 Å². The molecular weight excluding hydrogens is 232 g/mol. The number of aryl methyl sites for hydroxylation is 2. The molecule has 2 aromatic rings. The van der Waals surface area contributed by atoms with Crippen LogP contribution < -0.4 is 4.74 Å². The lowest BCUT2D eigenvalue weighted by Gasteiger charge is -2.13. The second kappa shape index (κ2) is 5.18. The van der Waals surface area contributed by atoms with E-state index in [1.54, 1.807) is 13.8 Å². The minimum absolute atomic E-state index is 0.198. The highest BCUT2D eigenvalue weighted by Gasteiger charge is 2.11. The van der Waals surface area contributed by atoms with Gasteiger partial charge in [0.2, 0.25) is 5.89 Å². The Labute approximate surface area is 105 Å². The van der Waals surface area contributed by atoms with E-state index in [0.29, 0.717) is 17.5 Å². The van der Waals surface area contributed by atoms with Gasteiger partial charge in [0.1, 0.15) is 5.75 Å². The molecule has 1 aromatic heterocycles. The average molecular weight is 248 g/mol. The molecule has 5 nitrogen and oxygen atoms in total. The smallest absolute Gasteiger partial charge is 0.253 e. The van der Waals surface area contributed by atoms with Gasteiger partial charge in [-0.2, -0.15) is 0 Å². The van der Waals surface area contributed by atoms with E-state index >= 15 is 0 Å². The minimum Gasteiger partial charge on any atom is -0.483 e. The Morgan fingerprint density at radius 2 is 2.11 bits per heavy atom. The molecular formula is C13H16N2O3. The van der Waals surface area contributed by atoms with Crippen molar-refractivity contribution in [3.05, 3.63) is 41.1 Å². The van der Waals surface area contributed by atoms with Crippen LogP contribution in [-0.4, -0.2) is 15.3 Å². The van der Waals surface area contributed by atoms with Gasteiger partial charge in [-0.3, -0.25) is 0 Å². The maximum atomic E-state index is 9.67. The summed E-state index contributed by atoms with van der Waals surface area (Å²) in [6.45, 7) is 5.60. The lowest BCUT2D eigenvalue weighted by atomic mass is 10.1. The Hall–Kier alpha value is -1.88. The fourth-order valence-electron chi connectivity index (χ4n) is 1.65. The van der Waals surface area contributed by atoms with Gasteiger partial charge in [0, 0.05) is 12.5 Å². The van der Waals surface area contributed by atoms with Gasteiger partial charge in [-0.05, 0) is 25.5 Å². The zero-order chi connectivity index (χ0) is 13.1. The maximum Gasteiger partial charge on any atom is 0.253 e. The minimum atomic E-state index is -0.579. The molecule has 0 fully saturated rings. The molecule has 2 rings (SSSR count). The second-order valence-corrected chi connectivity index (χ2v) is 4.22. The summed E-state index contributed by atoms with van der Waals surface area (Å²) in [5, 5.41) is 17.2. The highest BCUT2D eigenvalue weighted by Crippen LogP contribution is 2.26. The number of aromatic nitrogens is 2. The van der Waals surface area contributed by atoms with Gasteiger partial charge < -0.3 is 14.3 Å². The van der Waals surface area contributed by atoms with Crippen molar-refractivity contribution in [2.45, 2.75) is 33.5 Å². The van der Waals surface area contributed by atoms with Gasteiger partial charge in [-0.15, -0.1) is 10.2 Å². The predicted molar refractivity (Wildman–Crippen MR) is 65.2 cm³/mol. The summed E-state index contributed by atoms with van der Waals surface area (Å²) in [5.74, 6) is 1.57. The summed E-state index contributed by atoms with van der Waals surface area (Å²) in [6, 6.07) is 5.67. The first-order valence-corrected chi connectivity index (χ1v) is 5.76. The molecule has 0 radical (unpaired) electrons. The molecule has 1 aromatic carbocycles. The van der Waals surface area contributed by atoms with Gasteiger partial charge in [-0.1, -0.05) is 12.1 Å². The van der Waals surface area contributed by atoms with E-state index in [1.165, 1.54) is 0 Å². The normalized spacial score (nSPS) is 12.4. The molecule has 1 N–H and O–H groups in total. The van der Waals surface area contributed by atoms with Gasteiger partial charge >= 0.3 is 0 Å². The van der Waals surface area contributed by atoms with Crippen molar-refractivity contribution in [1.29, 1.82) is 0 Å². The third-order valence-corrected chi connectivity index (χ3v) is 2.54. The van der Waals surface area contributed by atoms with Crippen molar-refractivity contribution in [2.24, 2.45) is 0 Å². The molecule has 5 heteroatoms. The molecule has 0 aliphatic rings. The fraction of sp³-hybridized carbons (Fsp3) is 0.385. The van der Waals surface area contributed by atoms with Crippen molar-refractivity contribution in [1.82, 2.24) is 10.2 Å². The largest absolute Gasteiger partial charge is 0.483 e. The lowest BCUT2D eigenvalue weighted by molar-refractivity contribution is 0.187. The van der Waals surface area contributed by atoms with E-state index in [0.717, 1.165) is 11.1 Å². The van der Waals surface area contributed by atoms with Crippen LogP contribution in [0.15, 0.2) is 22.6 Å². The van der Waals surface area contributed by atoms with Crippen molar-refractivity contribution in [3.8, 4) is 5.75 Å². The van der Waals surface area contributed by atoms with Gasteiger partial charge in [-0.25, -0.2) is 0 Å². The van der Waals surface area contributed by atoms with Crippen LogP contribution in [0, 0.1) is 13.8 Å². The Kier molecular flexibility index (Phi) is 3.62. The van der Waals surface area contributed by atoms with Crippen LogP contribution >= 0.6 is 0 Å². The summed E-state index contributed by atoms with van der Waals surface area (Å²) in [6.07, 6.45) is -0.579. The molecule has 0 bridgehead atoms. The third-order valence-electron chi connectivity index (χ3n) is 2.54. The van der Waals surface area contributed by atoms with E-state index in [1.807, 2.05) is 25.1 Å². The van der Waals surface area contributed by atoms with Crippen molar-refractivity contribution in [2.75, 3.05) is 0 Å². The first-order chi connectivity index (χ1) is 8.56. The SMILES string of the molecule is Cc1ccc([C@@H](C)O)c(OCc2nnc(C)o2)c1. The van der Waals surface area contributed by atoms with Crippen LogP contribution in [0.25, 0.3) is 0 Å². The summed E-state index contributed by atoms with van der Waals surface area (Å²) in [4.78, 5) is 0. The summed E-state index contributed by atoms with van der Waals surface area (Å²) < 4.78 is 10.8. The molecule has 1 atom stereocenters. The van der Waals surface area contributed by atoms with E-state index in [9.17, 15) is 5.11 Å². The molecule has 0 amide bonds. The summed E-state index contributed by atoms with van der Waals surface area (Å²) >= 11 is 0. The average Bonchev–Trinajstić information content (AvgIpc) is 2.72. The van der Waals surface area contributed by atoms with Crippen molar-refractivity contribution in [3.63, 3.8) is 0 Å². The van der Waals surface area contributed by atoms with Gasteiger partial charge in [0.25, 0.3) is 5.89 Å². The zero-order valence-corrected chi connectivity index (χ0v) is 10.7. The monoisotopic (exact) mass is 248 g/mol. The molecule has 0 saturated carbocycles. The zero-order valence-electron chi connectivity index (χ0n) is 10.7. The topological polar surface area (TPSA) is 68.4 Å². The molecule has 0 aliphatic carbocycles. The fourth-order valence-corrected chi connectivity index (χ4v) is 1.65. The maximum absolute atomic E-state index is 9.67. The summed E-state index contributed by atoms with van der Waals surface area (Å²) in [7, 11) is 0. The Morgan fingerprint density at radius 1 is 1.33 bits per heavy atom. The van der Waals surface area contributed by atoms with Crippen LogP contribution in [0.3, 0.4) is 0 Å². The van der Waals surface area contributed by atoms with Crippen LogP contribution in [0.1, 0.15) is 35.9 Å². The number of hydrogen-bond donors (Lipinski definition) is 1. The molecule has 18 heavy (non-hydrogen) atoms. The van der Waals surface area contributed by atoms with E-state index in [4.69, 9.17) is 9.15 Å². The van der Waals surface area contributed by atoms with Gasteiger partial charge in [0.05, 0.1) is 6.10 Å². The van der Waals surface area contributed by atoms with Crippen LogP contribution in [0.2, 0.25) is 0 Å². The molecule has 0 saturated heterocycles. The third kappa shape index (κ3) is 2.87. The van der Waals surface area contributed by atoms with Crippen LogP contribution in [-0.2, 0) is 6.61 Å². The number of aliphatic hydroxyl groups is 1. The molecule has 0 aliphatic heterocycles. The second-order valence-electron chi connectivity index (χ2n) is 4.22. The van der Waals surface area contributed by atoms with E-state index < -0.39 is 6.10 Å². The Balaban J connectivity index is 2.15. The standard InChI is InChI=1S/C13H16N2O3/c1-8-4-5-11(9(2)16)12(6-8)17-7-13-15-14-10(3)18-13/h4-6,9,16H,7H2,1-3H3/t9-/m1/s1. The molecule has 0 unspecified atom stereocenters. The number of ether oxygens (including phenoxy) is 1. The highest BCUT2D eigenvalue weighted by molar-refractivity contribution is 5.38. The van der Waals surface area contributed by atoms with Crippen LogP contribution in [0.5, 0.6) is 5.75 Å². The molecule has 0 spiro atoms. The Bertz CT molecular complexity index is 535. The van der Waals surface area contributed by atoms with Crippen LogP contribution in [0.4, 0.5) is 0 Å². The Morgan fingerprint density at radius 3 is 2.72 bits per heavy atom. The molecule has 1 heterocycles. The number of rotatable bonds is 4. The highest BCUT2D eigenvalue weighted by atomic mass is 16.5. The number of hydrogen-bond acceptors (Lipinski definition) is 5. The quantitative estimate of drug-likeness (QED) is 0.899. The van der Waals surface area contributed by atoms with E-state index in [-0.39, 0.29) is 6.61 Å². The molecule has 96 valence electrons. The number of nitrogens with zero attached hydrogens (tertiary/aromatic N) is 2. The van der Waals surface area contributed by atoms with Gasteiger partial charge in [0.15, 0.2) is 6.61 Å². The number of benzene rings is 1. The predicted octanol–water partition coefficient (Wildman–Crippen LogP) is 2.32. The first-order valence-electron chi connectivity index (χ1n) is 5.76. The van der Waals surface area contributed by atoms with Crippen molar-refractivity contribution >= 4 is 0 Å². The summed E-state index contributed by atoms with van der Waals surface area (Å²) in [5.41, 5.74) is 1.81. The van der Waals surface area contributed by atoms with E-state index in [2.05, 4.69) is 10.2 Å². The first kappa shape index (κ1) is 12.6. The lowest BCUT2D eigenvalue weighted by Crippen LogP contribution is -2.01.